The number of nitrogens with one attached hydrogen (secondary N) is 1. The summed E-state index contributed by atoms with van der Waals surface area (Å²) >= 11 is 0. The molecule has 1 aliphatic heterocycles. The zero-order valence-corrected chi connectivity index (χ0v) is 10.1. The third-order valence-corrected chi connectivity index (χ3v) is 2.85. The quantitative estimate of drug-likeness (QED) is 0.827. The first kappa shape index (κ1) is 11.9. The lowest BCUT2D eigenvalue weighted by Gasteiger charge is -2.30. The van der Waals surface area contributed by atoms with Crippen molar-refractivity contribution >= 4 is 5.91 Å². The molecule has 1 saturated heterocycles. The molecule has 4 nitrogen and oxygen atoms in total. The predicted octanol–water partition coefficient (Wildman–Crippen LogP) is 1.02. The predicted molar refractivity (Wildman–Crippen MR) is 65.9 cm³/mol. The molecule has 1 aromatic carbocycles. The van der Waals surface area contributed by atoms with Crippen molar-refractivity contribution < 1.29 is 9.53 Å². The Hall–Kier alpha value is -1.55. The van der Waals surface area contributed by atoms with Gasteiger partial charge in [0.15, 0.2) is 6.61 Å². The van der Waals surface area contributed by atoms with Crippen LogP contribution in [0.3, 0.4) is 0 Å². The van der Waals surface area contributed by atoms with Gasteiger partial charge in [0.05, 0.1) is 0 Å². The standard InChI is InChI=1S/C13H18N2O2/c1-14-9-11-4-2-5-12(8-11)17-10-13(16)15-6-3-7-15/h2,4-5,8,14H,3,6-7,9-10H2,1H3. The van der Waals surface area contributed by atoms with Gasteiger partial charge in [0.25, 0.3) is 5.91 Å². The van der Waals surface area contributed by atoms with Crippen LogP contribution in [0.25, 0.3) is 0 Å². The van der Waals surface area contributed by atoms with Crippen LogP contribution in [-0.2, 0) is 11.3 Å². The van der Waals surface area contributed by atoms with Gasteiger partial charge in [0.2, 0.25) is 0 Å². The fourth-order valence-electron chi connectivity index (χ4n) is 1.75. The summed E-state index contributed by atoms with van der Waals surface area (Å²) in [6.07, 6.45) is 1.11. The molecule has 2 rings (SSSR count). The highest BCUT2D eigenvalue weighted by molar-refractivity contribution is 5.78. The second kappa shape index (κ2) is 5.68. The molecule has 0 saturated carbocycles. The maximum absolute atomic E-state index is 11.6. The number of carbonyl (C=O) groups excluding carboxylic acids is 1. The lowest BCUT2D eigenvalue weighted by molar-refractivity contribution is -0.136. The van der Waals surface area contributed by atoms with Crippen LogP contribution in [0.1, 0.15) is 12.0 Å². The van der Waals surface area contributed by atoms with Crippen molar-refractivity contribution in [2.75, 3.05) is 26.7 Å². The smallest absolute Gasteiger partial charge is 0.260 e. The van der Waals surface area contributed by atoms with E-state index in [1.54, 1.807) is 0 Å². The van der Waals surface area contributed by atoms with Gasteiger partial charge >= 0.3 is 0 Å². The highest BCUT2D eigenvalue weighted by Gasteiger charge is 2.20. The van der Waals surface area contributed by atoms with Crippen LogP contribution in [0, 0.1) is 0 Å². The summed E-state index contributed by atoms with van der Waals surface area (Å²) in [6.45, 7) is 2.70. The van der Waals surface area contributed by atoms with Crippen LogP contribution in [-0.4, -0.2) is 37.6 Å². The van der Waals surface area contributed by atoms with Crippen LogP contribution in [0.5, 0.6) is 5.75 Å². The zero-order chi connectivity index (χ0) is 12.1. The van der Waals surface area contributed by atoms with Crippen molar-refractivity contribution in [3.63, 3.8) is 0 Å². The zero-order valence-electron chi connectivity index (χ0n) is 10.1. The summed E-state index contributed by atoms with van der Waals surface area (Å²) in [6, 6.07) is 7.80. The molecule has 1 N–H and O–H groups in total. The van der Waals surface area contributed by atoms with E-state index in [9.17, 15) is 4.79 Å². The molecule has 17 heavy (non-hydrogen) atoms. The van der Waals surface area contributed by atoms with E-state index >= 15 is 0 Å². The van der Waals surface area contributed by atoms with Crippen LogP contribution in [0.15, 0.2) is 24.3 Å². The van der Waals surface area contributed by atoms with Crippen molar-refractivity contribution in [2.45, 2.75) is 13.0 Å². The van der Waals surface area contributed by atoms with Crippen LogP contribution < -0.4 is 10.1 Å². The third kappa shape index (κ3) is 3.20. The SMILES string of the molecule is CNCc1cccc(OCC(=O)N2CCC2)c1. The van der Waals surface area contributed by atoms with E-state index in [2.05, 4.69) is 5.32 Å². The number of hydrogen-bond acceptors (Lipinski definition) is 3. The van der Waals surface area contributed by atoms with Crippen molar-refractivity contribution in [1.29, 1.82) is 0 Å². The van der Waals surface area contributed by atoms with Gasteiger partial charge in [-0.05, 0) is 31.2 Å². The minimum Gasteiger partial charge on any atom is -0.484 e. The van der Waals surface area contributed by atoms with Gasteiger partial charge in [-0.1, -0.05) is 12.1 Å². The number of hydrogen-bond donors (Lipinski definition) is 1. The van der Waals surface area contributed by atoms with Crippen LogP contribution >= 0.6 is 0 Å². The van der Waals surface area contributed by atoms with Gasteiger partial charge in [-0.2, -0.15) is 0 Å². The molecule has 0 unspecified atom stereocenters. The molecular weight excluding hydrogens is 216 g/mol. The Labute approximate surface area is 102 Å². The molecule has 0 spiro atoms. The Morgan fingerprint density at radius 3 is 2.94 bits per heavy atom. The highest BCUT2D eigenvalue weighted by Crippen LogP contribution is 2.14. The molecule has 0 atom stereocenters. The molecule has 1 fully saturated rings. The largest absolute Gasteiger partial charge is 0.484 e. The number of rotatable bonds is 5. The maximum atomic E-state index is 11.6. The van der Waals surface area contributed by atoms with Gasteiger partial charge < -0.3 is 15.0 Å². The molecule has 1 amide bonds. The first-order valence-corrected chi connectivity index (χ1v) is 5.94. The Morgan fingerprint density at radius 1 is 1.47 bits per heavy atom. The molecule has 1 aromatic rings. The van der Waals surface area contributed by atoms with Crippen molar-refractivity contribution in [3.05, 3.63) is 29.8 Å². The summed E-state index contributed by atoms with van der Waals surface area (Å²) in [5.41, 5.74) is 1.15. The van der Waals surface area contributed by atoms with Gasteiger partial charge in [-0.3, -0.25) is 4.79 Å². The van der Waals surface area contributed by atoms with Gasteiger partial charge in [0, 0.05) is 19.6 Å². The highest BCUT2D eigenvalue weighted by atomic mass is 16.5. The van der Waals surface area contributed by atoms with E-state index < -0.39 is 0 Å². The Morgan fingerprint density at radius 2 is 2.29 bits per heavy atom. The number of amides is 1. The first-order valence-electron chi connectivity index (χ1n) is 5.94. The maximum Gasteiger partial charge on any atom is 0.260 e. The third-order valence-electron chi connectivity index (χ3n) is 2.85. The summed E-state index contributed by atoms with van der Waals surface area (Å²) in [7, 11) is 1.90. The fourth-order valence-corrected chi connectivity index (χ4v) is 1.75. The topological polar surface area (TPSA) is 41.6 Å². The molecule has 0 aromatic heterocycles. The lowest BCUT2D eigenvalue weighted by atomic mass is 10.2. The number of nitrogens with zero attached hydrogens (tertiary/aromatic N) is 1. The Bertz CT molecular complexity index is 389. The average Bonchev–Trinajstić information content (AvgIpc) is 2.25. The van der Waals surface area contributed by atoms with Crippen molar-refractivity contribution in [3.8, 4) is 5.75 Å². The first-order chi connectivity index (χ1) is 8.29. The molecule has 0 radical (unpaired) electrons. The van der Waals surface area contributed by atoms with Crippen molar-refractivity contribution in [1.82, 2.24) is 10.2 Å². The molecule has 4 heteroatoms. The summed E-state index contributed by atoms with van der Waals surface area (Å²) in [4.78, 5) is 13.4. The fraction of sp³-hybridized carbons (Fsp3) is 0.462. The van der Waals surface area contributed by atoms with E-state index in [1.807, 2.05) is 36.2 Å². The minimum atomic E-state index is 0.0790. The molecule has 92 valence electrons. The average molecular weight is 234 g/mol. The van der Waals surface area contributed by atoms with Crippen LogP contribution in [0.2, 0.25) is 0 Å². The minimum absolute atomic E-state index is 0.0790. The molecule has 0 aliphatic carbocycles. The monoisotopic (exact) mass is 234 g/mol. The lowest BCUT2D eigenvalue weighted by Crippen LogP contribution is -2.44. The van der Waals surface area contributed by atoms with Gasteiger partial charge in [0.1, 0.15) is 5.75 Å². The van der Waals surface area contributed by atoms with E-state index in [1.165, 1.54) is 0 Å². The Kier molecular flexibility index (Phi) is 3.98. The van der Waals surface area contributed by atoms with Crippen LogP contribution in [0.4, 0.5) is 0 Å². The molecular formula is C13H18N2O2. The van der Waals surface area contributed by atoms with E-state index in [4.69, 9.17) is 4.74 Å². The van der Waals surface area contributed by atoms with E-state index in [0.29, 0.717) is 0 Å². The number of ether oxygens (including phenoxy) is 1. The van der Waals surface area contributed by atoms with Crippen molar-refractivity contribution in [2.24, 2.45) is 0 Å². The Balaban J connectivity index is 1.85. The second-order valence-electron chi connectivity index (χ2n) is 4.20. The molecule has 1 heterocycles. The summed E-state index contributed by atoms with van der Waals surface area (Å²) < 4.78 is 5.49. The van der Waals surface area contributed by atoms with E-state index in [-0.39, 0.29) is 12.5 Å². The summed E-state index contributed by atoms with van der Waals surface area (Å²) in [5, 5.41) is 3.08. The van der Waals surface area contributed by atoms with E-state index in [0.717, 1.165) is 37.4 Å². The molecule has 1 aliphatic rings. The second-order valence-corrected chi connectivity index (χ2v) is 4.20. The number of carbonyl (C=O) groups is 1. The number of benzene rings is 1. The normalized spacial score (nSPS) is 14.3. The van der Waals surface area contributed by atoms with Gasteiger partial charge in [-0.15, -0.1) is 0 Å². The molecule has 0 bridgehead atoms. The number of likely N-dealkylation sites (tertiary alicyclic amines) is 1. The summed E-state index contributed by atoms with van der Waals surface area (Å²) in [5.74, 6) is 0.835. The van der Waals surface area contributed by atoms with Gasteiger partial charge in [-0.25, -0.2) is 0 Å².